The lowest BCUT2D eigenvalue weighted by Crippen LogP contribution is -2.06. The van der Waals surface area contributed by atoms with Crippen molar-refractivity contribution in [2.24, 2.45) is 0 Å². The van der Waals surface area contributed by atoms with Gasteiger partial charge in [-0.1, -0.05) is 11.3 Å². The van der Waals surface area contributed by atoms with E-state index >= 15 is 0 Å². The molecular formula is C15H14N4O5. The minimum atomic E-state index is -1.23. The van der Waals surface area contributed by atoms with E-state index in [0.717, 1.165) is 5.69 Å². The molecule has 1 aromatic carbocycles. The smallest absolute Gasteiger partial charge is 0.356 e. The van der Waals surface area contributed by atoms with E-state index in [1.807, 2.05) is 0 Å². The Balaban J connectivity index is 1.95. The summed E-state index contributed by atoms with van der Waals surface area (Å²) in [6, 6.07) is 6.36. The van der Waals surface area contributed by atoms with Crippen molar-refractivity contribution in [2.45, 2.75) is 19.3 Å². The molecule has 2 heterocycles. The molecular weight excluding hydrogens is 316 g/mol. The molecule has 9 nitrogen and oxygen atoms in total. The van der Waals surface area contributed by atoms with Gasteiger partial charge in [0.2, 0.25) is 0 Å². The van der Waals surface area contributed by atoms with E-state index in [-0.39, 0.29) is 12.1 Å². The second-order valence-corrected chi connectivity index (χ2v) is 5.27. The molecule has 0 spiro atoms. The molecule has 0 fully saturated rings. The maximum Gasteiger partial charge on any atom is 0.356 e. The highest BCUT2D eigenvalue weighted by atomic mass is 16.5. The Morgan fingerprint density at radius 1 is 1.17 bits per heavy atom. The molecule has 2 aromatic heterocycles. The van der Waals surface area contributed by atoms with Crippen LogP contribution in [-0.2, 0) is 11.2 Å². The summed E-state index contributed by atoms with van der Waals surface area (Å²) in [7, 11) is 0. The maximum absolute atomic E-state index is 11.1. The summed E-state index contributed by atoms with van der Waals surface area (Å²) >= 11 is 0. The fraction of sp³-hybridized carbons (Fsp3) is 0.200. The third kappa shape index (κ3) is 2.78. The summed E-state index contributed by atoms with van der Waals surface area (Å²) in [5, 5.41) is 36.1. The number of carbonyl (C=O) groups is 2. The second-order valence-electron chi connectivity index (χ2n) is 5.27. The minimum absolute atomic E-state index is 0.0473. The highest BCUT2D eigenvalue weighted by molar-refractivity contribution is 5.94. The molecule has 0 amide bonds. The van der Waals surface area contributed by atoms with Crippen LogP contribution in [0.4, 0.5) is 0 Å². The van der Waals surface area contributed by atoms with Crippen molar-refractivity contribution in [3.8, 4) is 5.69 Å². The minimum Gasteiger partial charge on any atom is -0.481 e. The quantitative estimate of drug-likeness (QED) is 0.585. The van der Waals surface area contributed by atoms with Crippen LogP contribution in [0.2, 0.25) is 0 Å². The average molecular weight is 330 g/mol. The van der Waals surface area contributed by atoms with E-state index < -0.39 is 11.9 Å². The van der Waals surface area contributed by atoms with Gasteiger partial charge in [-0.25, -0.2) is 9.48 Å². The fourth-order valence-electron chi connectivity index (χ4n) is 2.52. The summed E-state index contributed by atoms with van der Waals surface area (Å²) in [5.41, 5.74) is 1.42. The second kappa shape index (κ2) is 6.03. The van der Waals surface area contributed by atoms with Crippen LogP contribution in [0, 0.1) is 0 Å². The third-order valence-electron chi connectivity index (χ3n) is 3.67. The summed E-state index contributed by atoms with van der Waals surface area (Å²) in [5.74, 6) is -2.10. The van der Waals surface area contributed by atoms with Crippen LogP contribution in [-0.4, -0.2) is 47.1 Å². The van der Waals surface area contributed by atoms with Gasteiger partial charge in [-0.05, 0) is 31.0 Å². The lowest BCUT2D eigenvalue weighted by Gasteiger charge is -2.06. The van der Waals surface area contributed by atoms with Crippen molar-refractivity contribution >= 4 is 22.8 Å². The standard InChI is InChI=1S/C15H14N4O5/c20-14(21)3-1-2-11-8-16-17-18(11)10-5-4-9-6-13(15(22)23)19(24)12(9)7-10/h4-8,24H,1-3H2,(H,20,21)(H,22,23). The Bertz CT molecular complexity index is 927. The van der Waals surface area contributed by atoms with Gasteiger partial charge < -0.3 is 15.4 Å². The molecule has 0 aliphatic rings. The van der Waals surface area contributed by atoms with E-state index in [0.29, 0.717) is 34.2 Å². The topological polar surface area (TPSA) is 130 Å². The zero-order chi connectivity index (χ0) is 17.3. The number of carboxylic acids is 2. The van der Waals surface area contributed by atoms with Gasteiger partial charge in [0.25, 0.3) is 0 Å². The van der Waals surface area contributed by atoms with Crippen molar-refractivity contribution < 1.29 is 25.0 Å². The largest absolute Gasteiger partial charge is 0.481 e. The SMILES string of the molecule is O=C(O)CCCc1cnnn1-c1ccc2cc(C(=O)O)n(O)c2c1. The van der Waals surface area contributed by atoms with Crippen molar-refractivity contribution in [1.29, 1.82) is 0 Å². The van der Waals surface area contributed by atoms with Crippen LogP contribution in [0.5, 0.6) is 0 Å². The van der Waals surface area contributed by atoms with Gasteiger partial charge >= 0.3 is 11.9 Å². The first-order valence-corrected chi connectivity index (χ1v) is 7.17. The monoisotopic (exact) mass is 330 g/mol. The zero-order valence-corrected chi connectivity index (χ0v) is 12.5. The summed E-state index contributed by atoms with van der Waals surface area (Å²) < 4.78 is 2.15. The summed E-state index contributed by atoms with van der Waals surface area (Å²) in [6.45, 7) is 0. The lowest BCUT2D eigenvalue weighted by molar-refractivity contribution is -0.137. The maximum atomic E-state index is 11.1. The van der Waals surface area contributed by atoms with Crippen molar-refractivity contribution in [1.82, 2.24) is 19.7 Å². The van der Waals surface area contributed by atoms with Gasteiger partial charge in [0.15, 0.2) is 5.69 Å². The molecule has 0 atom stereocenters. The Morgan fingerprint density at radius 3 is 2.67 bits per heavy atom. The van der Waals surface area contributed by atoms with E-state index in [1.54, 1.807) is 24.4 Å². The number of hydrogen-bond acceptors (Lipinski definition) is 5. The predicted molar refractivity (Wildman–Crippen MR) is 81.6 cm³/mol. The third-order valence-corrected chi connectivity index (χ3v) is 3.67. The Labute approximate surface area is 135 Å². The van der Waals surface area contributed by atoms with Crippen LogP contribution < -0.4 is 0 Å². The van der Waals surface area contributed by atoms with Crippen molar-refractivity contribution in [3.63, 3.8) is 0 Å². The van der Waals surface area contributed by atoms with E-state index in [9.17, 15) is 14.8 Å². The molecule has 0 unspecified atom stereocenters. The zero-order valence-electron chi connectivity index (χ0n) is 12.5. The molecule has 3 aromatic rings. The molecule has 3 N–H and O–H groups in total. The van der Waals surface area contributed by atoms with Crippen LogP contribution in [0.15, 0.2) is 30.5 Å². The Kier molecular flexibility index (Phi) is 3.90. The lowest BCUT2D eigenvalue weighted by atomic mass is 10.2. The molecule has 0 bridgehead atoms. The number of aliphatic carboxylic acids is 1. The van der Waals surface area contributed by atoms with Gasteiger partial charge in [-0.2, -0.15) is 4.73 Å². The first-order chi connectivity index (χ1) is 11.5. The van der Waals surface area contributed by atoms with Crippen LogP contribution in [0.25, 0.3) is 16.6 Å². The molecule has 0 saturated carbocycles. The molecule has 3 rings (SSSR count). The molecule has 0 aliphatic heterocycles. The van der Waals surface area contributed by atoms with Gasteiger partial charge in [0.05, 0.1) is 23.1 Å². The van der Waals surface area contributed by atoms with E-state index in [1.165, 1.54) is 10.7 Å². The normalized spacial score (nSPS) is 11.0. The van der Waals surface area contributed by atoms with Crippen LogP contribution >= 0.6 is 0 Å². The first kappa shape index (κ1) is 15.5. The van der Waals surface area contributed by atoms with Gasteiger partial charge in [0, 0.05) is 11.8 Å². The van der Waals surface area contributed by atoms with Gasteiger partial charge in [-0.15, -0.1) is 5.10 Å². The highest BCUT2D eigenvalue weighted by Gasteiger charge is 2.15. The number of fused-ring (bicyclic) bond motifs is 1. The molecule has 0 saturated heterocycles. The van der Waals surface area contributed by atoms with Gasteiger partial charge in [0.1, 0.15) is 0 Å². The van der Waals surface area contributed by atoms with Gasteiger partial charge in [-0.3, -0.25) is 4.79 Å². The number of aryl methyl sites for hydroxylation is 1. The van der Waals surface area contributed by atoms with Crippen LogP contribution in [0.3, 0.4) is 0 Å². The van der Waals surface area contributed by atoms with Crippen LogP contribution in [0.1, 0.15) is 29.0 Å². The molecule has 24 heavy (non-hydrogen) atoms. The number of carboxylic acid groups (broad SMARTS) is 2. The fourth-order valence-corrected chi connectivity index (χ4v) is 2.52. The number of benzene rings is 1. The van der Waals surface area contributed by atoms with E-state index in [2.05, 4.69) is 10.3 Å². The molecule has 124 valence electrons. The van der Waals surface area contributed by atoms with E-state index in [4.69, 9.17) is 10.2 Å². The molecule has 0 aliphatic carbocycles. The summed E-state index contributed by atoms with van der Waals surface area (Å²) in [4.78, 5) is 21.7. The number of rotatable bonds is 6. The molecule has 9 heteroatoms. The molecule has 0 radical (unpaired) electrons. The summed E-state index contributed by atoms with van der Waals surface area (Å²) in [6.07, 6.45) is 2.53. The van der Waals surface area contributed by atoms with Crippen molar-refractivity contribution in [2.75, 3.05) is 0 Å². The first-order valence-electron chi connectivity index (χ1n) is 7.17. The number of nitrogens with zero attached hydrogens (tertiary/aromatic N) is 4. The average Bonchev–Trinajstić information content (AvgIpc) is 3.12. The van der Waals surface area contributed by atoms with Crippen molar-refractivity contribution in [3.05, 3.63) is 41.9 Å². The number of aromatic nitrogens is 4. The highest BCUT2D eigenvalue weighted by Crippen LogP contribution is 2.22. The number of hydrogen-bond donors (Lipinski definition) is 3. The number of aromatic carboxylic acids is 1. The predicted octanol–water partition coefficient (Wildman–Crippen LogP) is 1.56. The Morgan fingerprint density at radius 2 is 1.96 bits per heavy atom. The Hall–Kier alpha value is -3.36.